The summed E-state index contributed by atoms with van der Waals surface area (Å²) < 4.78 is 11.8. The number of carbonyl (C=O) groups is 1. The number of ether oxygens (including phenoxy) is 2. The summed E-state index contributed by atoms with van der Waals surface area (Å²) in [5.41, 5.74) is 0. The average Bonchev–Trinajstić information content (AvgIpc) is 3.05. The number of rotatable bonds is 30. The second-order valence-electron chi connectivity index (χ2n) is 15.9. The lowest BCUT2D eigenvalue weighted by atomic mass is 9.83. The molecule has 0 radical (unpaired) electrons. The van der Waals surface area contributed by atoms with Crippen LogP contribution in [0.15, 0.2) is 0 Å². The Morgan fingerprint density at radius 2 is 0.696 bits per heavy atom. The van der Waals surface area contributed by atoms with Crippen molar-refractivity contribution in [2.24, 2.45) is 11.8 Å². The van der Waals surface area contributed by atoms with Gasteiger partial charge in [0.1, 0.15) is 12.2 Å². The largest absolute Gasteiger partial charge is 0.508 e. The first-order chi connectivity index (χ1) is 22.7. The van der Waals surface area contributed by atoms with Gasteiger partial charge in [-0.05, 0) is 50.4 Å². The molecule has 2 aliphatic rings. The molecule has 272 valence electrons. The maximum Gasteiger partial charge on any atom is 0.508 e. The van der Waals surface area contributed by atoms with Gasteiger partial charge in [-0.25, -0.2) is 4.79 Å². The van der Waals surface area contributed by atoms with Crippen LogP contribution in [0, 0.1) is 11.8 Å². The summed E-state index contributed by atoms with van der Waals surface area (Å²) in [5.74, 6) is 1.47. The van der Waals surface area contributed by atoms with E-state index in [-0.39, 0.29) is 18.4 Å². The average molecular weight is 647 g/mol. The van der Waals surface area contributed by atoms with Crippen LogP contribution in [0.5, 0.6) is 0 Å². The van der Waals surface area contributed by atoms with E-state index < -0.39 is 0 Å². The zero-order valence-corrected chi connectivity index (χ0v) is 31.5. The summed E-state index contributed by atoms with van der Waals surface area (Å²) in [6, 6.07) is 0. The third-order valence-corrected chi connectivity index (χ3v) is 11.4. The monoisotopic (exact) mass is 647 g/mol. The molecule has 0 heterocycles. The fourth-order valence-electron chi connectivity index (χ4n) is 8.42. The molecule has 4 atom stereocenters. The molecule has 0 aromatic heterocycles. The quantitative estimate of drug-likeness (QED) is 0.0575. The van der Waals surface area contributed by atoms with E-state index in [0.29, 0.717) is 0 Å². The minimum atomic E-state index is -0.377. The Kier molecular flexibility index (Phi) is 27.3. The van der Waals surface area contributed by atoms with Gasteiger partial charge in [0.2, 0.25) is 0 Å². The highest BCUT2D eigenvalue weighted by atomic mass is 16.7. The Hall–Kier alpha value is -0.730. The van der Waals surface area contributed by atoms with Crippen LogP contribution in [0.3, 0.4) is 0 Å². The summed E-state index contributed by atoms with van der Waals surface area (Å²) in [4.78, 5) is 12.7. The van der Waals surface area contributed by atoms with E-state index in [1.807, 2.05) is 0 Å². The van der Waals surface area contributed by atoms with E-state index in [0.717, 1.165) is 37.5 Å². The molecule has 0 saturated heterocycles. The van der Waals surface area contributed by atoms with Crippen LogP contribution in [0.1, 0.15) is 245 Å². The van der Waals surface area contributed by atoms with Gasteiger partial charge in [-0.2, -0.15) is 0 Å². The van der Waals surface area contributed by atoms with Crippen LogP contribution < -0.4 is 0 Å². The van der Waals surface area contributed by atoms with E-state index in [9.17, 15) is 4.79 Å². The van der Waals surface area contributed by atoms with Crippen molar-refractivity contribution in [1.82, 2.24) is 0 Å². The normalized spacial score (nSPS) is 21.8. The van der Waals surface area contributed by atoms with Gasteiger partial charge in [0.05, 0.1) is 0 Å². The Labute approximate surface area is 288 Å². The molecule has 0 aromatic rings. The molecule has 3 heteroatoms. The van der Waals surface area contributed by atoms with Crippen LogP contribution in [-0.4, -0.2) is 18.4 Å². The summed E-state index contributed by atoms with van der Waals surface area (Å²) in [7, 11) is 0. The highest BCUT2D eigenvalue weighted by molar-refractivity contribution is 5.60. The van der Waals surface area contributed by atoms with E-state index in [4.69, 9.17) is 9.47 Å². The topological polar surface area (TPSA) is 35.5 Å². The Morgan fingerprint density at radius 3 is 1.00 bits per heavy atom. The molecule has 0 bridgehead atoms. The van der Waals surface area contributed by atoms with Crippen LogP contribution in [-0.2, 0) is 9.47 Å². The molecule has 2 saturated carbocycles. The zero-order valence-electron chi connectivity index (χ0n) is 31.5. The van der Waals surface area contributed by atoms with E-state index in [1.165, 1.54) is 205 Å². The maximum absolute atomic E-state index is 12.7. The summed E-state index contributed by atoms with van der Waals surface area (Å²) in [6.45, 7) is 4.59. The molecule has 2 fully saturated rings. The lowest BCUT2D eigenvalue weighted by Gasteiger charge is -2.31. The van der Waals surface area contributed by atoms with Crippen molar-refractivity contribution < 1.29 is 14.3 Å². The SMILES string of the molecule is CCCCCCCCCCCCCCCC1CCCC(OC(=O)OC2CCCC(CCCCCCCCCCCCCCC)C2)C1. The van der Waals surface area contributed by atoms with Crippen molar-refractivity contribution in [3.05, 3.63) is 0 Å². The molecular formula is C43H82O3. The molecule has 0 spiro atoms. The molecule has 0 aromatic carbocycles. The third-order valence-electron chi connectivity index (χ3n) is 11.4. The third kappa shape index (κ3) is 23.6. The second-order valence-corrected chi connectivity index (χ2v) is 15.9. The van der Waals surface area contributed by atoms with Crippen LogP contribution in [0.4, 0.5) is 4.79 Å². The second kappa shape index (κ2) is 30.3. The van der Waals surface area contributed by atoms with Gasteiger partial charge in [-0.15, -0.1) is 0 Å². The van der Waals surface area contributed by atoms with Gasteiger partial charge in [-0.3, -0.25) is 0 Å². The molecule has 3 nitrogen and oxygen atoms in total. The van der Waals surface area contributed by atoms with Crippen LogP contribution >= 0.6 is 0 Å². The van der Waals surface area contributed by atoms with Crippen molar-refractivity contribution in [3.63, 3.8) is 0 Å². The minimum absolute atomic E-state index is 0.0819. The lowest BCUT2D eigenvalue weighted by Crippen LogP contribution is -2.30. The van der Waals surface area contributed by atoms with E-state index >= 15 is 0 Å². The summed E-state index contributed by atoms with van der Waals surface area (Å²) in [5, 5.41) is 0. The molecule has 2 rings (SSSR count). The van der Waals surface area contributed by atoms with Gasteiger partial charge in [0.25, 0.3) is 0 Å². The molecule has 2 aliphatic carbocycles. The lowest BCUT2D eigenvalue weighted by molar-refractivity contribution is -0.0304. The predicted molar refractivity (Wildman–Crippen MR) is 200 cm³/mol. The number of hydrogen-bond donors (Lipinski definition) is 0. The maximum atomic E-state index is 12.7. The van der Waals surface area contributed by atoms with E-state index in [1.54, 1.807) is 0 Å². The smallest absolute Gasteiger partial charge is 0.431 e. The minimum Gasteiger partial charge on any atom is -0.431 e. The van der Waals surface area contributed by atoms with Crippen LogP contribution in [0.25, 0.3) is 0 Å². The van der Waals surface area contributed by atoms with Crippen LogP contribution in [0.2, 0.25) is 0 Å². The van der Waals surface area contributed by atoms with Crippen molar-refractivity contribution in [1.29, 1.82) is 0 Å². The van der Waals surface area contributed by atoms with Gasteiger partial charge in [0.15, 0.2) is 0 Å². The Morgan fingerprint density at radius 1 is 0.413 bits per heavy atom. The molecule has 46 heavy (non-hydrogen) atoms. The highest BCUT2D eigenvalue weighted by Gasteiger charge is 2.28. The van der Waals surface area contributed by atoms with Gasteiger partial charge >= 0.3 is 6.16 Å². The van der Waals surface area contributed by atoms with Crippen molar-refractivity contribution in [2.75, 3.05) is 0 Å². The van der Waals surface area contributed by atoms with Gasteiger partial charge in [-0.1, -0.05) is 206 Å². The van der Waals surface area contributed by atoms with Gasteiger partial charge < -0.3 is 9.47 Å². The van der Waals surface area contributed by atoms with Crippen molar-refractivity contribution >= 4 is 6.16 Å². The molecule has 0 N–H and O–H groups in total. The van der Waals surface area contributed by atoms with Crippen molar-refractivity contribution in [3.8, 4) is 0 Å². The van der Waals surface area contributed by atoms with Crippen molar-refractivity contribution in [2.45, 2.75) is 257 Å². The Balaban J connectivity index is 1.41. The molecule has 4 unspecified atom stereocenters. The predicted octanol–water partition coefficient (Wildman–Crippen LogP) is 15.2. The number of hydrogen-bond acceptors (Lipinski definition) is 3. The number of unbranched alkanes of at least 4 members (excludes halogenated alkanes) is 24. The first-order valence-electron chi connectivity index (χ1n) is 21.6. The number of carbonyl (C=O) groups excluding carboxylic acids is 1. The Bertz CT molecular complexity index is 608. The molecule has 0 amide bonds. The first kappa shape index (κ1) is 41.4. The highest BCUT2D eigenvalue weighted by Crippen LogP contribution is 2.33. The molecular weight excluding hydrogens is 564 g/mol. The standard InChI is InChI=1S/C43H82O3/c1-3-5-7-9-11-13-15-17-19-21-23-25-27-31-39-33-29-35-41(37-39)45-43(44)46-42-36-30-34-40(38-42)32-28-26-24-22-20-18-16-14-12-10-8-6-4-2/h39-42H,3-38H2,1-2H3. The van der Waals surface area contributed by atoms with E-state index in [2.05, 4.69) is 13.8 Å². The molecule has 0 aliphatic heterocycles. The fraction of sp³-hybridized carbons (Fsp3) is 0.977. The summed E-state index contributed by atoms with van der Waals surface area (Å²) >= 11 is 0. The first-order valence-corrected chi connectivity index (χ1v) is 21.6. The summed E-state index contributed by atoms with van der Waals surface area (Å²) in [6.07, 6.45) is 48.4. The fourth-order valence-corrected chi connectivity index (χ4v) is 8.42. The zero-order chi connectivity index (χ0) is 32.8. The van der Waals surface area contributed by atoms with Gasteiger partial charge in [0, 0.05) is 0 Å².